The molecule has 1 atom stereocenters. The molecule has 0 aromatic rings. The van der Waals surface area contributed by atoms with Gasteiger partial charge in [-0.25, -0.2) is 8.42 Å². The van der Waals surface area contributed by atoms with E-state index in [1.807, 2.05) is 6.92 Å². The molecule has 1 spiro atoms. The monoisotopic (exact) mass is 263 g/mol. The van der Waals surface area contributed by atoms with Crippen LogP contribution in [0, 0.1) is 0 Å². The highest BCUT2D eigenvalue weighted by Crippen LogP contribution is 2.36. The van der Waals surface area contributed by atoms with Gasteiger partial charge in [0.25, 0.3) is 0 Å². The summed E-state index contributed by atoms with van der Waals surface area (Å²) in [6, 6.07) is 0. The predicted molar refractivity (Wildman–Crippen MR) is 64.4 cm³/mol. The van der Waals surface area contributed by atoms with Crippen LogP contribution in [0.15, 0.2) is 0 Å². The van der Waals surface area contributed by atoms with Crippen molar-refractivity contribution >= 4 is 10.0 Å². The minimum Gasteiger partial charge on any atom is -0.381 e. The van der Waals surface area contributed by atoms with Gasteiger partial charge in [0, 0.05) is 33.2 Å². The summed E-state index contributed by atoms with van der Waals surface area (Å²) in [4.78, 5) is 0. The van der Waals surface area contributed by atoms with Gasteiger partial charge < -0.3 is 9.47 Å². The third kappa shape index (κ3) is 2.65. The zero-order valence-corrected chi connectivity index (χ0v) is 11.3. The third-order valence-electron chi connectivity index (χ3n) is 3.57. The highest BCUT2D eigenvalue weighted by atomic mass is 32.2. The summed E-state index contributed by atoms with van der Waals surface area (Å²) in [6.07, 6.45) is 2.58. The molecule has 0 aromatic carbocycles. The number of rotatable bonds is 4. The van der Waals surface area contributed by atoms with Crippen LogP contribution in [-0.4, -0.2) is 57.0 Å². The van der Waals surface area contributed by atoms with Gasteiger partial charge in [-0.2, -0.15) is 4.31 Å². The summed E-state index contributed by atoms with van der Waals surface area (Å²) in [6.45, 7) is 3.54. The molecule has 100 valence electrons. The molecule has 6 heteroatoms. The SMILES string of the molecule is CCCS(=O)(=O)N1CC2(CC(OC)CCO2)C1. The molecule has 2 saturated heterocycles. The summed E-state index contributed by atoms with van der Waals surface area (Å²) in [5.74, 6) is 0.233. The Kier molecular flexibility index (Phi) is 3.77. The van der Waals surface area contributed by atoms with E-state index >= 15 is 0 Å². The number of methoxy groups -OCH3 is 1. The first-order valence-corrected chi connectivity index (χ1v) is 7.77. The predicted octanol–water partition coefficient (Wildman–Crippen LogP) is 0.606. The van der Waals surface area contributed by atoms with Crippen LogP contribution < -0.4 is 0 Å². The topological polar surface area (TPSA) is 55.8 Å². The van der Waals surface area contributed by atoms with Gasteiger partial charge in [-0.1, -0.05) is 6.92 Å². The maximum atomic E-state index is 11.8. The van der Waals surface area contributed by atoms with E-state index in [0.717, 1.165) is 12.8 Å². The zero-order chi connectivity index (χ0) is 12.5. The third-order valence-corrected chi connectivity index (χ3v) is 5.53. The Morgan fingerprint density at radius 2 is 2.18 bits per heavy atom. The minimum atomic E-state index is -3.06. The number of hydrogen-bond acceptors (Lipinski definition) is 4. The van der Waals surface area contributed by atoms with Crippen molar-refractivity contribution in [2.45, 2.75) is 37.9 Å². The standard InChI is InChI=1S/C11H21NO4S/c1-3-6-17(13,14)12-8-11(9-12)7-10(15-2)4-5-16-11/h10H,3-9H2,1-2H3. The highest BCUT2D eigenvalue weighted by Gasteiger charge is 2.51. The smallest absolute Gasteiger partial charge is 0.214 e. The number of nitrogens with zero attached hydrogens (tertiary/aromatic N) is 1. The van der Waals surface area contributed by atoms with Gasteiger partial charge in [-0.05, 0) is 12.8 Å². The Morgan fingerprint density at radius 3 is 2.76 bits per heavy atom. The molecule has 0 amide bonds. The molecule has 0 N–H and O–H groups in total. The maximum absolute atomic E-state index is 11.8. The first-order chi connectivity index (χ1) is 8.01. The summed E-state index contributed by atoms with van der Waals surface area (Å²) in [5, 5.41) is 0. The van der Waals surface area contributed by atoms with Crippen molar-refractivity contribution in [3.63, 3.8) is 0 Å². The lowest BCUT2D eigenvalue weighted by molar-refractivity contribution is -0.173. The van der Waals surface area contributed by atoms with Crippen molar-refractivity contribution in [2.75, 3.05) is 32.6 Å². The molecule has 1 unspecified atom stereocenters. The lowest BCUT2D eigenvalue weighted by atomic mass is 9.86. The molecule has 0 aliphatic carbocycles. The molecule has 0 aromatic heterocycles. The Morgan fingerprint density at radius 1 is 1.47 bits per heavy atom. The second-order valence-electron chi connectivity index (χ2n) is 4.97. The number of sulfonamides is 1. The van der Waals surface area contributed by atoms with Crippen LogP contribution >= 0.6 is 0 Å². The first kappa shape index (κ1) is 13.3. The van der Waals surface area contributed by atoms with Crippen LogP contribution in [0.4, 0.5) is 0 Å². The summed E-state index contributed by atoms with van der Waals surface area (Å²) >= 11 is 0. The summed E-state index contributed by atoms with van der Waals surface area (Å²) in [7, 11) is -1.36. The average Bonchev–Trinajstić information content (AvgIpc) is 2.25. The quantitative estimate of drug-likeness (QED) is 0.745. The van der Waals surface area contributed by atoms with Gasteiger partial charge in [0.2, 0.25) is 10.0 Å². The zero-order valence-electron chi connectivity index (χ0n) is 10.5. The lowest BCUT2D eigenvalue weighted by Gasteiger charge is -2.52. The van der Waals surface area contributed by atoms with Crippen molar-refractivity contribution < 1.29 is 17.9 Å². The molecule has 2 rings (SSSR count). The summed E-state index contributed by atoms with van der Waals surface area (Å²) < 4.78 is 36.3. The van der Waals surface area contributed by atoms with E-state index in [1.54, 1.807) is 7.11 Å². The van der Waals surface area contributed by atoms with Gasteiger partial charge in [0.05, 0.1) is 17.5 Å². The fraction of sp³-hybridized carbons (Fsp3) is 1.00. The Hall–Kier alpha value is -0.170. The first-order valence-electron chi connectivity index (χ1n) is 6.16. The molecular weight excluding hydrogens is 242 g/mol. The molecule has 5 nitrogen and oxygen atoms in total. The molecule has 2 aliphatic heterocycles. The van der Waals surface area contributed by atoms with Crippen LogP contribution in [0.1, 0.15) is 26.2 Å². The summed E-state index contributed by atoms with van der Waals surface area (Å²) in [5.41, 5.74) is -0.278. The van der Waals surface area contributed by atoms with E-state index in [4.69, 9.17) is 9.47 Å². The Labute approximate surface area is 103 Å². The molecule has 2 aliphatic rings. The highest BCUT2D eigenvalue weighted by molar-refractivity contribution is 7.89. The fourth-order valence-corrected chi connectivity index (χ4v) is 4.22. The van der Waals surface area contributed by atoms with Crippen LogP contribution in [-0.2, 0) is 19.5 Å². The van der Waals surface area contributed by atoms with Crippen molar-refractivity contribution in [1.82, 2.24) is 4.31 Å². The lowest BCUT2D eigenvalue weighted by Crippen LogP contribution is -2.67. The van der Waals surface area contributed by atoms with E-state index in [9.17, 15) is 8.42 Å². The van der Waals surface area contributed by atoms with Crippen LogP contribution in [0.5, 0.6) is 0 Å². The molecular formula is C11H21NO4S. The van der Waals surface area contributed by atoms with Crippen LogP contribution in [0.2, 0.25) is 0 Å². The van der Waals surface area contributed by atoms with E-state index in [2.05, 4.69) is 0 Å². The second-order valence-corrected chi connectivity index (χ2v) is 7.05. The average molecular weight is 263 g/mol. The van der Waals surface area contributed by atoms with Crippen LogP contribution in [0.25, 0.3) is 0 Å². The Balaban J connectivity index is 1.93. The van der Waals surface area contributed by atoms with Crippen molar-refractivity contribution in [1.29, 1.82) is 0 Å². The minimum absolute atomic E-state index is 0.208. The van der Waals surface area contributed by atoms with E-state index < -0.39 is 10.0 Å². The molecule has 0 bridgehead atoms. The molecule has 17 heavy (non-hydrogen) atoms. The van der Waals surface area contributed by atoms with Gasteiger partial charge in [-0.3, -0.25) is 0 Å². The van der Waals surface area contributed by atoms with Gasteiger partial charge >= 0.3 is 0 Å². The van der Waals surface area contributed by atoms with Gasteiger partial charge in [0.15, 0.2) is 0 Å². The normalized spacial score (nSPS) is 29.2. The van der Waals surface area contributed by atoms with Gasteiger partial charge in [0.1, 0.15) is 0 Å². The maximum Gasteiger partial charge on any atom is 0.214 e. The number of hydrogen-bond donors (Lipinski definition) is 0. The van der Waals surface area contributed by atoms with E-state index in [1.165, 1.54) is 4.31 Å². The Bertz CT molecular complexity index is 362. The van der Waals surface area contributed by atoms with Gasteiger partial charge in [-0.15, -0.1) is 0 Å². The second kappa shape index (κ2) is 4.84. The molecule has 0 saturated carbocycles. The molecule has 2 fully saturated rings. The largest absolute Gasteiger partial charge is 0.381 e. The fourth-order valence-electron chi connectivity index (χ4n) is 2.58. The van der Waals surface area contributed by atoms with E-state index in [0.29, 0.717) is 26.1 Å². The van der Waals surface area contributed by atoms with Crippen molar-refractivity contribution in [3.8, 4) is 0 Å². The van der Waals surface area contributed by atoms with Crippen LogP contribution in [0.3, 0.4) is 0 Å². The molecule has 0 radical (unpaired) electrons. The van der Waals surface area contributed by atoms with Crippen molar-refractivity contribution in [2.24, 2.45) is 0 Å². The van der Waals surface area contributed by atoms with E-state index in [-0.39, 0.29) is 17.5 Å². The number of ether oxygens (including phenoxy) is 2. The molecule has 2 heterocycles. The van der Waals surface area contributed by atoms with Crippen molar-refractivity contribution in [3.05, 3.63) is 0 Å².